The molecule has 2 amide bonds. The van der Waals surface area contributed by atoms with Gasteiger partial charge in [-0.3, -0.25) is 14.6 Å². The lowest BCUT2D eigenvalue weighted by molar-refractivity contribution is -0.153. The number of methoxy groups -OCH3 is 1. The third-order valence-electron chi connectivity index (χ3n) is 5.82. The summed E-state index contributed by atoms with van der Waals surface area (Å²) >= 11 is 0. The van der Waals surface area contributed by atoms with Gasteiger partial charge in [0.15, 0.2) is 12.1 Å². The number of aliphatic imine (C=N–C) groups is 1. The Balaban J connectivity index is 2.01. The minimum atomic E-state index is -1.54. The summed E-state index contributed by atoms with van der Waals surface area (Å²) in [5.41, 5.74) is 17.7. The average molecular weight is 477 g/mol. The molecule has 1 heterocycles. The van der Waals surface area contributed by atoms with Crippen LogP contribution in [-0.2, 0) is 25.5 Å². The number of amides is 2. The molecule has 0 aromatic heterocycles. The van der Waals surface area contributed by atoms with Crippen molar-refractivity contribution in [3.8, 4) is 0 Å². The Morgan fingerprint density at radius 2 is 1.94 bits per heavy atom. The maximum Gasteiger partial charge on any atom is 0.336 e. The molecule has 8 N–H and O–H groups in total. The first-order valence-corrected chi connectivity index (χ1v) is 11.5. The Kier molecular flexibility index (Phi) is 10.8. The quantitative estimate of drug-likeness (QED) is 0.110. The largest absolute Gasteiger partial charge is 0.467 e. The summed E-state index contributed by atoms with van der Waals surface area (Å²) in [5.74, 6) is -1.60. The summed E-state index contributed by atoms with van der Waals surface area (Å²) in [5, 5.41) is 13.1. The molecule has 1 unspecified atom stereocenters. The summed E-state index contributed by atoms with van der Waals surface area (Å²) in [4.78, 5) is 43.4. The van der Waals surface area contributed by atoms with Gasteiger partial charge in [0, 0.05) is 13.1 Å². The number of nitrogens with two attached hydrogens (primary N) is 3. The van der Waals surface area contributed by atoms with E-state index in [1.807, 2.05) is 30.3 Å². The number of hydrogen-bond donors (Lipinski definition) is 5. The van der Waals surface area contributed by atoms with Crippen LogP contribution in [-0.4, -0.2) is 78.2 Å². The maximum atomic E-state index is 13.1. The first-order chi connectivity index (χ1) is 16.2. The van der Waals surface area contributed by atoms with Crippen molar-refractivity contribution in [3.63, 3.8) is 0 Å². The van der Waals surface area contributed by atoms with Gasteiger partial charge in [-0.2, -0.15) is 0 Å². The smallest absolute Gasteiger partial charge is 0.336 e. The van der Waals surface area contributed by atoms with Crippen LogP contribution in [0.2, 0.25) is 0 Å². The van der Waals surface area contributed by atoms with E-state index in [0.29, 0.717) is 51.6 Å². The van der Waals surface area contributed by atoms with E-state index in [1.165, 1.54) is 4.90 Å². The van der Waals surface area contributed by atoms with Gasteiger partial charge in [0.2, 0.25) is 11.8 Å². The summed E-state index contributed by atoms with van der Waals surface area (Å²) in [6.45, 7) is 0.809. The van der Waals surface area contributed by atoms with Gasteiger partial charge in [-0.15, -0.1) is 0 Å². The molecule has 0 aliphatic carbocycles. The minimum absolute atomic E-state index is 0.0177. The average Bonchev–Trinajstić information content (AvgIpc) is 3.32. The van der Waals surface area contributed by atoms with Gasteiger partial charge in [-0.1, -0.05) is 30.3 Å². The van der Waals surface area contributed by atoms with Crippen molar-refractivity contribution in [2.45, 2.75) is 62.8 Å². The predicted molar refractivity (Wildman–Crippen MR) is 127 cm³/mol. The van der Waals surface area contributed by atoms with Crippen LogP contribution in [0.15, 0.2) is 35.3 Å². The monoisotopic (exact) mass is 476 g/mol. The third-order valence-corrected chi connectivity index (χ3v) is 5.82. The molecule has 2 rings (SSSR count). The van der Waals surface area contributed by atoms with Crippen LogP contribution in [0.25, 0.3) is 0 Å². The van der Waals surface area contributed by atoms with Crippen LogP contribution in [0.1, 0.15) is 37.7 Å². The van der Waals surface area contributed by atoms with Gasteiger partial charge in [-0.25, -0.2) is 4.79 Å². The second kappa shape index (κ2) is 13.5. The molecular weight excluding hydrogens is 440 g/mol. The van der Waals surface area contributed by atoms with E-state index >= 15 is 0 Å². The zero-order chi connectivity index (χ0) is 25.1. The topological polar surface area (TPSA) is 186 Å². The SMILES string of the molecule is COC(=O)C(O)[C@H](CCCCN=C(N)N)NC(=O)[C@@H]1CCCN1C(=O)[C@H](N)Cc1ccccc1. The number of carbonyl (C=O) groups is 3. The maximum absolute atomic E-state index is 13.1. The number of nitrogens with zero attached hydrogens (tertiary/aromatic N) is 2. The highest BCUT2D eigenvalue weighted by Crippen LogP contribution is 2.20. The van der Waals surface area contributed by atoms with Crippen LogP contribution in [0, 0.1) is 0 Å². The lowest BCUT2D eigenvalue weighted by atomic mass is 10.0. The number of esters is 1. The summed E-state index contributed by atoms with van der Waals surface area (Å²) in [6, 6.07) is 7.06. The summed E-state index contributed by atoms with van der Waals surface area (Å²) in [6.07, 6.45) is 1.40. The fourth-order valence-electron chi connectivity index (χ4n) is 4.03. The standard InChI is InChI=1S/C23H36N6O5/c1-34-22(33)19(30)17(10-5-6-12-27-23(25)26)28-20(31)18-11-7-13-29(18)21(32)16(24)14-15-8-3-2-4-9-15/h2-4,8-9,16-19,30H,5-7,10-14,24H2,1H3,(H,28,31)(H4,25,26,27)/t16-,17+,18+,19?/m1/s1. The van der Waals surface area contributed by atoms with Crippen LogP contribution >= 0.6 is 0 Å². The lowest BCUT2D eigenvalue weighted by Gasteiger charge is -2.29. The highest BCUT2D eigenvalue weighted by atomic mass is 16.5. The highest BCUT2D eigenvalue weighted by molar-refractivity contribution is 5.91. The number of aliphatic hydroxyl groups is 1. The Bertz CT molecular complexity index is 846. The molecule has 4 atom stereocenters. The Morgan fingerprint density at radius 1 is 1.24 bits per heavy atom. The Hall–Kier alpha value is -3.18. The van der Waals surface area contributed by atoms with Crippen molar-refractivity contribution in [1.29, 1.82) is 0 Å². The number of unbranched alkanes of at least 4 members (excludes halogenated alkanes) is 1. The lowest BCUT2D eigenvalue weighted by Crippen LogP contribution is -2.55. The first kappa shape index (κ1) is 27.1. The molecule has 0 radical (unpaired) electrons. The zero-order valence-corrected chi connectivity index (χ0v) is 19.6. The fraction of sp³-hybridized carbons (Fsp3) is 0.565. The minimum Gasteiger partial charge on any atom is -0.467 e. The fourth-order valence-corrected chi connectivity index (χ4v) is 4.03. The second-order valence-corrected chi connectivity index (χ2v) is 8.37. The molecule has 0 spiro atoms. The number of carbonyl (C=O) groups excluding carboxylic acids is 3. The van der Waals surface area contributed by atoms with Gasteiger partial charge < -0.3 is 37.3 Å². The normalized spacial score (nSPS) is 18.0. The number of nitrogens with one attached hydrogen (secondary N) is 1. The van der Waals surface area contributed by atoms with E-state index in [1.54, 1.807) is 0 Å². The van der Waals surface area contributed by atoms with E-state index in [0.717, 1.165) is 12.7 Å². The van der Waals surface area contributed by atoms with E-state index in [9.17, 15) is 19.5 Å². The summed E-state index contributed by atoms with van der Waals surface area (Å²) < 4.78 is 4.63. The number of guanidine groups is 1. The molecule has 0 bridgehead atoms. The van der Waals surface area contributed by atoms with Crippen molar-refractivity contribution in [1.82, 2.24) is 10.2 Å². The van der Waals surface area contributed by atoms with Crippen LogP contribution in [0.3, 0.4) is 0 Å². The Morgan fingerprint density at radius 3 is 2.59 bits per heavy atom. The molecule has 1 aromatic rings. The third kappa shape index (κ3) is 7.99. The van der Waals surface area contributed by atoms with Crippen molar-refractivity contribution in [3.05, 3.63) is 35.9 Å². The molecule has 11 heteroatoms. The van der Waals surface area contributed by atoms with E-state index in [4.69, 9.17) is 17.2 Å². The second-order valence-electron chi connectivity index (χ2n) is 8.37. The zero-order valence-electron chi connectivity index (χ0n) is 19.6. The van der Waals surface area contributed by atoms with Crippen molar-refractivity contribution in [2.75, 3.05) is 20.2 Å². The van der Waals surface area contributed by atoms with E-state index in [-0.39, 0.29) is 11.9 Å². The number of ether oxygens (including phenoxy) is 1. The number of aliphatic hydroxyl groups excluding tert-OH is 1. The molecule has 1 fully saturated rings. The van der Waals surface area contributed by atoms with Gasteiger partial charge in [-0.05, 0) is 44.1 Å². The predicted octanol–water partition coefficient (Wildman–Crippen LogP) is -0.990. The number of benzene rings is 1. The Labute approximate surface area is 199 Å². The number of rotatable bonds is 12. The molecule has 34 heavy (non-hydrogen) atoms. The molecule has 188 valence electrons. The highest BCUT2D eigenvalue weighted by Gasteiger charge is 2.38. The summed E-state index contributed by atoms with van der Waals surface area (Å²) in [7, 11) is 1.16. The molecule has 0 saturated carbocycles. The molecule has 1 saturated heterocycles. The van der Waals surface area contributed by atoms with Gasteiger partial charge in [0.1, 0.15) is 6.04 Å². The van der Waals surface area contributed by atoms with E-state index in [2.05, 4.69) is 15.0 Å². The molecule has 11 nitrogen and oxygen atoms in total. The number of hydrogen-bond acceptors (Lipinski definition) is 7. The van der Waals surface area contributed by atoms with Crippen molar-refractivity contribution >= 4 is 23.7 Å². The van der Waals surface area contributed by atoms with Gasteiger partial charge in [0.25, 0.3) is 0 Å². The molecular formula is C23H36N6O5. The van der Waals surface area contributed by atoms with Crippen LogP contribution in [0.5, 0.6) is 0 Å². The van der Waals surface area contributed by atoms with E-state index < -0.39 is 36.1 Å². The first-order valence-electron chi connectivity index (χ1n) is 11.5. The number of likely N-dealkylation sites (tertiary alicyclic amines) is 1. The molecule has 1 aliphatic heterocycles. The van der Waals surface area contributed by atoms with Crippen molar-refractivity contribution in [2.24, 2.45) is 22.2 Å². The van der Waals surface area contributed by atoms with Crippen molar-refractivity contribution < 1.29 is 24.2 Å². The van der Waals surface area contributed by atoms with Crippen LogP contribution in [0.4, 0.5) is 0 Å². The molecule has 1 aromatic carbocycles. The molecule has 1 aliphatic rings. The van der Waals surface area contributed by atoms with Gasteiger partial charge in [0.05, 0.1) is 19.2 Å². The van der Waals surface area contributed by atoms with Crippen LogP contribution < -0.4 is 22.5 Å². The van der Waals surface area contributed by atoms with Gasteiger partial charge >= 0.3 is 5.97 Å².